The van der Waals surface area contributed by atoms with Gasteiger partial charge in [0, 0.05) is 18.6 Å². The third-order valence-electron chi connectivity index (χ3n) is 10.9. The van der Waals surface area contributed by atoms with Crippen LogP contribution in [0.4, 0.5) is 0 Å². The minimum absolute atomic E-state index is 0.00484. The molecule has 1 aliphatic heterocycles. The zero-order valence-electron chi connectivity index (χ0n) is 36.0. The predicted molar refractivity (Wildman–Crippen MR) is 229 cm³/mol. The first-order chi connectivity index (χ1) is 26.4. The zero-order valence-corrected chi connectivity index (χ0v) is 36.8. The summed E-state index contributed by atoms with van der Waals surface area (Å²) in [4.78, 5) is 40.4. The number of rotatable bonds is 38. The van der Waals surface area contributed by atoms with Crippen LogP contribution in [0.2, 0.25) is 0 Å². The Hall–Kier alpha value is -1.28. The SMILES string of the molecule is CCCCC(CCCC)OC(=O)CCCCCCCCOC(=O)C(CCN1CCCCC1)CSCCCCCCCCC(=O)OC(CCCC)CCCC. The lowest BCUT2D eigenvalue weighted by Crippen LogP contribution is -2.33. The van der Waals surface area contributed by atoms with E-state index in [2.05, 4.69) is 32.6 Å². The van der Waals surface area contributed by atoms with Crippen molar-refractivity contribution in [1.29, 1.82) is 0 Å². The van der Waals surface area contributed by atoms with Gasteiger partial charge in [0.05, 0.1) is 12.5 Å². The molecular weight excluding hydrogens is 695 g/mol. The van der Waals surface area contributed by atoms with Crippen molar-refractivity contribution in [3.8, 4) is 0 Å². The normalized spacial score (nSPS) is 14.1. The molecule has 1 unspecified atom stereocenters. The highest BCUT2D eigenvalue weighted by Crippen LogP contribution is 2.21. The van der Waals surface area contributed by atoms with E-state index in [0.29, 0.717) is 19.4 Å². The van der Waals surface area contributed by atoms with E-state index in [1.165, 1.54) is 44.9 Å². The fourth-order valence-electron chi connectivity index (χ4n) is 7.31. The minimum atomic E-state index is -0.0250. The number of ether oxygens (including phenoxy) is 3. The van der Waals surface area contributed by atoms with Gasteiger partial charge in [-0.15, -0.1) is 0 Å². The van der Waals surface area contributed by atoms with E-state index in [-0.39, 0.29) is 36.0 Å². The highest BCUT2D eigenvalue weighted by atomic mass is 32.2. The second-order valence-electron chi connectivity index (χ2n) is 16.2. The van der Waals surface area contributed by atoms with Gasteiger partial charge in [-0.2, -0.15) is 11.8 Å². The standard InChI is InChI=1S/C46H87NO6S/c1-5-9-28-42(29-10-6-2)52-44(48)32-22-17-13-15-19-26-38-51-46(50)41(34-37-47-35-24-21-25-36-47)40-54-39-27-20-16-14-18-23-33-45(49)53-43(30-11-7-3)31-12-8-4/h41-43H,5-40H2,1-4H3. The van der Waals surface area contributed by atoms with Crippen LogP contribution < -0.4 is 0 Å². The van der Waals surface area contributed by atoms with Crippen molar-refractivity contribution < 1.29 is 28.6 Å². The van der Waals surface area contributed by atoms with Crippen molar-refractivity contribution >= 4 is 29.7 Å². The fraction of sp³-hybridized carbons (Fsp3) is 0.935. The van der Waals surface area contributed by atoms with Crippen LogP contribution >= 0.6 is 11.8 Å². The maximum Gasteiger partial charge on any atom is 0.309 e. The Kier molecular flexibility index (Phi) is 35.1. The Labute approximate surface area is 338 Å². The Balaban J connectivity index is 2.21. The third kappa shape index (κ3) is 29.9. The van der Waals surface area contributed by atoms with Crippen LogP contribution in [-0.2, 0) is 28.6 Å². The summed E-state index contributed by atoms with van der Waals surface area (Å²) >= 11 is 1.92. The second-order valence-corrected chi connectivity index (χ2v) is 17.3. The molecule has 1 rings (SSSR count). The van der Waals surface area contributed by atoms with Crippen LogP contribution in [-0.4, -0.2) is 72.8 Å². The molecule has 0 amide bonds. The Morgan fingerprint density at radius 2 is 0.981 bits per heavy atom. The van der Waals surface area contributed by atoms with Crippen molar-refractivity contribution in [2.75, 3.05) is 37.7 Å². The van der Waals surface area contributed by atoms with Gasteiger partial charge in [-0.3, -0.25) is 14.4 Å². The molecule has 1 aliphatic rings. The van der Waals surface area contributed by atoms with Crippen LogP contribution in [0.1, 0.15) is 220 Å². The number of piperidine rings is 1. The first kappa shape index (κ1) is 50.7. The Bertz CT molecular complexity index is 865. The van der Waals surface area contributed by atoms with Gasteiger partial charge in [0.15, 0.2) is 0 Å². The zero-order chi connectivity index (χ0) is 39.3. The summed E-state index contributed by atoms with van der Waals surface area (Å²) in [7, 11) is 0. The van der Waals surface area contributed by atoms with E-state index < -0.39 is 0 Å². The van der Waals surface area contributed by atoms with E-state index >= 15 is 0 Å². The van der Waals surface area contributed by atoms with Gasteiger partial charge in [-0.1, -0.05) is 137 Å². The lowest BCUT2D eigenvalue weighted by atomic mass is 10.1. The first-order valence-corrected chi connectivity index (χ1v) is 24.4. The van der Waals surface area contributed by atoms with E-state index in [1.54, 1.807) is 0 Å². The molecule has 0 aliphatic carbocycles. The number of thioether (sulfide) groups is 1. The van der Waals surface area contributed by atoms with Crippen molar-refractivity contribution in [2.24, 2.45) is 5.92 Å². The summed E-state index contributed by atoms with van der Waals surface area (Å²) in [6, 6.07) is 0. The maximum atomic E-state index is 13.2. The lowest BCUT2D eigenvalue weighted by Gasteiger charge is -2.27. The molecule has 0 aromatic carbocycles. The summed E-state index contributed by atoms with van der Waals surface area (Å²) in [5, 5.41) is 0. The van der Waals surface area contributed by atoms with Gasteiger partial charge in [0.1, 0.15) is 12.2 Å². The summed E-state index contributed by atoms with van der Waals surface area (Å²) in [5.74, 6) is 1.88. The maximum absolute atomic E-state index is 13.2. The molecule has 0 saturated carbocycles. The molecule has 0 N–H and O–H groups in total. The molecule has 54 heavy (non-hydrogen) atoms. The van der Waals surface area contributed by atoms with Gasteiger partial charge in [0.25, 0.3) is 0 Å². The number of esters is 3. The highest BCUT2D eigenvalue weighted by molar-refractivity contribution is 7.99. The summed E-state index contributed by atoms with van der Waals surface area (Å²) in [5.41, 5.74) is 0. The second kappa shape index (κ2) is 37.3. The van der Waals surface area contributed by atoms with Crippen molar-refractivity contribution in [2.45, 2.75) is 233 Å². The first-order valence-electron chi connectivity index (χ1n) is 23.3. The van der Waals surface area contributed by atoms with Crippen molar-refractivity contribution in [3.63, 3.8) is 0 Å². The number of hydrogen-bond acceptors (Lipinski definition) is 8. The molecule has 1 atom stereocenters. The number of likely N-dealkylation sites (tertiary alicyclic amines) is 1. The third-order valence-corrected chi connectivity index (χ3v) is 12.2. The van der Waals surface area contributed by atoms with Gasteiger partial charge in [0.2, 0.25) is 0 Å². The Morgan fingerprint density at radius 3 is 1.46 bits per heavy atom. The average molecular weight is 782 g/mol. The van der Waals surface area contributed by atoms with Gasteiger partial charge >= 0.3 is 17.9 Å². The van der Waals surface area contributed by atoms with Crippen LogP contribution in [0, 0.1) is 5.92 Å². The molecule has 0 radical (unpaired) electrons. The number of nitrogens with zero attached hydrogens (tertiary/aromatic N) is 1. The molecule has 7 nitrogen and oxygen atoms in total. The van der Waals surface area contributed by atoms with Crippen LogP contribution in [0.25, 0.3) is 0 Å². The molecule has 1 fully saturated rings. The van der Waals surface area contributed by atoms with Crippen LogP contribution in [0.3, 0.4) is 0 Å². The Morgan fingerprint density at radius 1 is 0.537 bits per heavy atom. The topological polar surface area (TPSA) is 82.1 Å². The van der Waals surface area contributed by atoms with Crippen LogP contribution in [0.5, 0.6) is 0 Å². The molecule has 0 aromatic rings. The predicted octanol–water partition coefficient (Wildman–Crippen LogP) is 12.8. The molecular formula is C46H87NO6S. The summed E-state index contributed by atoms with van der Waals surface area (Å²) < 4.78 is 17.4. The van der Waals surface area contributed by atoms with Crippen LogP contribution in [0.15, 0.2) is 0 Å². The van der Waals surface area contributed by atoms with E-state index in [9.17, 15) is 14.4 Å². The summed E-state index contributed by atoms with van der Waals surface area (Å²) in [6.45, 7) is 12.6. The smallest absolute Gasteiger partial charge is 0.309 e. The monoisotopic (exact) mass is 782 g/mol. The van der Waals surface area contributed by atoms with E-state index in [4.69, 9.17) is 14.2 Å². The lowest BCUT2D eigenvalue weighted by molar-refractivity contribution is -0.151. The highest BCUT2D eigenvalue weighted by Gasteiger charge is 2.22. The summed E-state index contributed by atoms with van der Waals surface area (Å²) in [6.07, 6.45) is 32.1. The van der Waals surface area contributed by atoms with E-state index in [1.807, 2.05) is 11.8 Å². The minimum Gasteiger partial charge on any atom is -0.465 e. The molecule has 0 bridgehead atoms. The van der Waals surface area contributed by atoms with Crippen molar-refractivity contribution in [1.82, 2.24) is 4.90 Å². The van der Waals surface area contributed by atoms with E-state index in [0.717, 1.165) is 166 Å². The van der Waals surface area contributed by atoms with Gasteiger partial charge < -0.3 is 19.1 Å². The molecule has 318 valence electrons. The molecule has 1 saturated heterocycles. The van der Waals surface area contributed by atoms with Crippen molar-refractivity contribution in [3.05, 3.63) is 0 Å². The number of carbonyl (C=O) groups excluding carboxylic acids is 3. The number of carbonyl (C=O) groups is 3. The quantitative estimate of drug-likeness (QED) is 0.0348. The molecule has 0 spiro atoms. The molecule has 0 aromatic heterocycles. The fourth-order valence-corrected chi connectivity index (χ4v) is 8.47. The number of hydrogen-bond donors (Lipinski definition) is 0. The molecule has 1 heterocycles. The van der Waals surface area contributed by atoms with Gasteiger partial charge in [-0.25, -0.2) is 0 Å². The molecule has 8 heteroatoms. The average Bonchev–Trinajstić information content (AvgIpc) is 3.18. The number of unbranched alkanes of at least 4 members (excludes halogenated alkanes) is 14. The van der Waals surface area contributed by atoms with Gasteiger partial charge in [-0.05, 0) is 96.0 Å². The largest absolute Gasteiger partial charge is 0.465 e.